The summed E-state index contributed by atoms with van der Waals surface area (Å²) in [5.74, 6) is -6.00. The van der Waals surface area contributed by atoms with Gasteiger partial charge in [-0.15, -0.1) is 0 Å². The van der Waals surface area contributed by atoms with Gasteiger partial charge in [0.1, 0.15) is 24.0 Å². The first-order valence-electron chi connectivity index (χ1n) is 20.1. The lowest BCUT2D eigenvalue weighted by molar-refractivity contribution is -0.346. The number of hydrogen-bond donors (Lipinski definition) is 4. The van der Waals surface area contributed by atoms with Gasteiger partial charge in [-0.2, -0.15) is 0 Å². The molecule has 4 N–H and O–H groups in total. The van der Waals surface area contributed by atoms with Crippen LogP contribution in [0.1, 0.15) is 99.3 Å². The Kier molecular flexibility index (Phi) is 16.3. The van der Waals surface area contributed by atoms with E-state index in [-0.39, 0.29) is 43.0 Å². The van der Waals surface area contributed by atoms with Crippen molar-refractivity contribution in [2.24, 2.45) is 29.6 Å². The molecule has 3 heterocycles. The number of Topliss-reactive ketones (excluding diaryl/α,β-unsaturated/α-hetero) is 1. The minimum Gasteiger partial charge on any atom is -0.456 e. The van der Waals surface area contributed by atoms with Crippen LogP contribution in [0, 0.1) is 29.6 Å². The number of fused-ring (bicyclic) bond motifs is 3. The number of ketones is 1. The van der Waals surface area contributed by atoms with E-state index in [4.69, 9.17) is 23.7 Å². The van der Waals surface area contributed by atoms with E-state index >= 15 is 0 Å². The van der Waals surface area contributed by atoms with Crippen LogP contribution in [-0.2, 0) is 38.1 Å². The fourth-order valence-corrected chi connectivity index (χ4v) is 9.04. The summed E-state index contributed by atoms with van der Waals surface area (Å²) in [6.45, 7) is 11.2. The Hall–Kier alpha value is -2.49. The van der Waals surface area contributed by atoms with Gasteiger partial charge in [0.2, 0.25) is 5.79 Å². The van der Waals surface area contributed by atoms with Crippen molar-refractivity contribution < 1.29 is 58.5 Å². The number of aliphatic hydroxyl groups is 4. The molecule has 2 fully saturated rings. The Morgan fingerprint density at radius 3 is 2.24 bits per heavy atom. The zero-order valence-corrected chi connectivity index (χ0v) is 34.3. The van der Waals surface area contributed by atoms with Crippen LogP contribution in [-0.4, -0.2) is 125 Å². The largest absolute Gasteiger partial charge is 0.456 e. The Labute approximate surface area is 327 Å². The minimum atomic E-state index is -2.33. The summed E-state index contributed by atoms with van der Waals surface area (Å²) in [5.41, 5.74) is 1.66. The predicted octanol–water partition coefficient (Wildman–Crippen LogP) is 4.00. The lowest BCUT2D eigenvalue weighted by Crippen LogP contribution is -2.65. The number of allylic oxidation sites excluding steroid dienone is 3. The van der Waals surface area contributed by atoms with Crippen LogP contribution in [0.25, 0.3) is 0 Å². The summed E-state index contributed by atoms with van der Waals surface area (Å²) in [6.07, 6.45) is 3.55. The average molecular weight is 778 g/mol. The summed E-state index contributed by atoms with van der Waals surface area (Å²) < 4.78 is 29.7. The second-order valence-corrected chi connectivity index (χ2v) is 16.7. The van der Waals surface area contributed by atoms with Crippen molar-refractivity contribution in [2.75, 3.05) is 21.3 Å². The first-order valence-corrected chi connectivity index (χ1v) is 20.1. The van der Waals surface area contributed by atoms with E-state index in [0.29, 0.717) is 44.1 Å². The molecule has 15 atom stereocenters. The molecule has 55 heavy (non-hydrogen) atoms. The standard InChI is InChI=1S/C42H67NO12/c1-10-29-17-23(2)16-24(3)18-35(52-8)38-36(53-9)20-26(5)42(50,55-38)39(47)40(48)43-15-11-12-30(43)41(49)54-37(27(6)32(45)22-33(29)46)25(4)19-28-13-14-31(44)34(21-28)51-7/h11,15,17,19,24,26-32,34-39,44-45,47,50H,10,12-14,16,18,20-22H2,1-9H3/b23-17+,25-19+/t24-,26+,27+,28-,29+,30-,31+,32-,34+,35?,36-,37+,38+,39?,42+/m0/s1. The third-order valence-electron chi connectivity index (χ3n) is 12.5. The molecular weight excluding hydrogens is 710 g/mol. The number of esters is 1. The molecule has 0 aromatic heterocycles. The Morgan fingerprint density at radius 2 is 1.60 bits per heavy atom. The number of methoxy groups -OCH3 is 3. The maximum absolute atomic E-state index is 14.1. The van der Waals surface area contributed by atoms with Crippen LogP contribution in [0.2, 0.25) is 0 Å². The van der Waals surface area contributed by atoms with Crippen molar-refractivity contribution in [3.05, 3.63) is 35.6 Å². The molecule has 13 heteroatoms. The van der Waals surface area contributed by atoms with Crippen LogP contribution < -0.4 is 0 Å². The summed E-state index contributed by atoms with van der Waals surface area (Å²) >= 11 is 0. The zero-order chi connectivity index (χ0) is 40.8. The van der Waals surface area contributed by atoms with Crippen LogP contribution >= 0.6 is 0 Å². The molecule has 312 valence electrons. The number of hydrogen-bond acceptors (Lipinski definition) is 12. The van der Waals surface area contributed by atoms with Gasteiger partial charge in [-0.05, 0) is 82.6 Å². The summed E-state index contributed by atoms with van der Waals surface area (Å²) in [6, 6.07) is -1.17. The number of carbonyl (C=O) groups is 3. The maximum atomic E-state index is 14.1. The van der Waals surface area contributed by atoms with Crippen molar-refractivity contribution in [2.45, 2.75) is 160 Å². The normalized spacial score (nSPS) is 42.9. The average Bonchev–Trinajstić information content (AvgIpc) is 3.65. The fraction of sp³-hybridized carbons (Fsp3) is 0.786. The SMILES string of the molecule is CC[C@@H]1/C=C(\C)C[C@H](C)CC(OC)[C@H]2O[C@@](O)(C(O)C(=O)N3C=CC[C@H]3C(=O)O[C@H](/C(C)=C/[C@@H]3CC[C@@H](O)[C@H](OC)C3)[C@H](C)[C@@H](O)CC1=O)[C@H](C)C[C@@H]2OC. The molecule has 0 spiro atoms. The number of carbonyl (C=O) groups excluding carboxylic acids is 3. The molecule has 0 aromatic rings. The Morgan fingerprint density at radius 1 is 0.945 bits per heavy atom. The molecular formula is C42H67NO12. The lowest BCUT2D eigenvalue weighted by Gasteiger charge is -2.49. The van der Waals surface area contributed by atoms with Crippen molar-refractivity contribution >= 4 is 17.7 Å². The summed E-state index contributed by atoms with van der Waals surface area (Å²) in [7, 11) is 4.64. The van der Waals surface area contributed by atoms with Gasteiger partial charge >= 0.3 is 5.97 Å². The highest BCUT2D eigenvalue weighted by molar-refractivity contribution is 5.89. The molecule has 2 bridgehead atoms. The maximum Gasteiger partial charge on any atom is 0.330 e. The van der Waals surface area contributed by atoms with E-state index < -0.39 is 84.2 Å². The fourth-order valence-electron chi connectivity index (χ4n) is 9.04. The van der Waals surface area contributed by atoms with E-state index in [0.717, 1.165) is 10.5 Å². The number of ether oxygens (including phenoxy) is 5. The van der Waals surface area contributed by atoms with E-state index in [1.54, 1.807) is 41.3 Å². The first kappa shape index (κ1) is 45.2. The molecule has 3 aliphatic heterocycles. The van der Waals surface area contributed by atoms with E-state index in [1.807, 2.05) is 32.9 Å². The van der Waals surface area contributed by atoms with Gasteiger partial charge in [0.25, 0.3) is 5.91 Å². The molecule has 1 aliphatic carbocycles. The third-order valence-corrected chi connectivity index (χ3v) is 12.5. The predicted molar refractivity (Wildman–Crippen MR) is 204 cm³/mol. The molecule has 1 saturated carbocycles. The van der Waals surface area contributed by atoms with Gasteiger partial charge in [0.05, 0.1) is 30.5 Å². The Bertz CT molecular complexity index is 1410. The molecule has 1 amide bonds. The number of amides is 1. The third kappa shape index (κ3) is 10.5. The first-order chi connectivity index (χ1) is 26.0. The number of aliphatic hydroxyl groups excluding tert-OH is 3. The van der Waals surface area contributed by atoms with E-state index in [1.165, 1.54) is 6.20 Å². The quantitative estimate of drug-likeness (QED) is 0.225. The van der Waals surface area contributed by atoms with Crippen LogP contribution in [0.5, 0.6) is 0 Å². The number of rotatable bonds is 6. The highest BCUT2D eigenvalue weighted by Gasteiger charge is 2.56. The molecule has 4 aliphatic rings. The van der Waals surface area contributed by atoms with Crippen LogP contribution in [0.3, 0.4) is 0 Å². The van der Waals surface area contributed by atoms with Gasteiger partial charge in [-0.1, -0.05) is 51.5 Å². The van der Waals surface area contributed by atoms with Crippen LogP contribution in [0.15, 0.2) is 35.6 Å². The van der Waals surface area contributed by atoms with Gasteiger partial charge in [0, 0.05) is 51.7 Å². The van der Waals surface area contributed by atoms with Gasteiger partial charge in [-0.25, -0.2) is 4.79 Å². The number of nitrogens with zero attached hydrogens (tertiary/aromatic N) is 1. The highest BCUT2D eigenvalue weighted by atomic mass is 16.7. The molecule has 2 unspecified atom stereocenters. The minimum absolute atomic E-state index is 0.00183. The molecule has 0 radical (unpaired) electrons. The molecule has 13 nitrogen and oxygen atoms in total. The van der Waals surface area contributed by atoms with Crippen molar-refractivity contribution in [3.8, 4) is 0 Å². The second kappa shape index (κ2) is 19.8. The van der Waals surface area contributed by atoms with E-state index in [9.17, 15) is 34.8 Å². The second-order valence-electron chi connectivity index (χ2n) is 16.7. The molecule has 4 rings (SSSR count). The Balaban J connectivity index is 1.74. The number of cyclic esters (lactones) is 1. The highest BCUT2D eigenvalue weighted by Crippen LogP contribution is 2.40. The van der Waals surface area contributed by atoms with E-state index in [2.05, 4.69) is 6.92 Å². The van der Waals surface area contributed by atoms with Crippen molar-refractivity contribution in [1.82, 2.24) is 4.90 Å². The smallest absolute Gasteiger partial charge is 0.330 e. The summed E-state index contributed by atoms with van der Waals surface area (Å²) in [5, 5.41) is 45.6. The van der Waals surface area contributed by atoms with Gasteiger partial charge < -0.3 is 49.0 Å². The monoisotopic (exact) mass is 777 g/mol. The van der Waals surface area contributed by atoms with Crippen molar-refractivity contribution in [1.29, 1.82) is 0 Å². The molecule has 1 saturated heterocycles. The topological polar surface area (TPSA) is 182 Å². The summed E-state index contributed by atoms with van der Waals surface area (Å²) in [4.78, 5) is 43.0. The van der Waals surface area contributed by atoms with Crippen LogP contribution in [0.4, 0.5) is 0 Å². The zero-order valence-electron chi connectivity index (χ0n) is 34.3. The van der Waals surface area contributed by atoms with Crippen molar-refractivity contribution in [3.63, 3.8) is 0 Å². The lowest BCUT2D eigenvalue weighted by atomic mass is 9.81. The van der Waals surface area contributed by atoms with Gasteiger partial charge in [-0.3, -0.25) is 9.59 Å². The van der Waals surface area contributed by atoms with Gasteiger partial charge in [0.15, 0.2) is 6.10 Å². The molecule has 0 aromatic carbocycles.